The SMILES string of the molecule is Cc1ccc(NC2=C(Cl)C(=O)N(c3ccccc3C(=O)OC(C)C)C2=O)cc1. The molecule has 144 valence electrons. The Bertz CT molecular complexity index is 980. The standard InChI is InChI=1S/C21H19ClN2O4/c1-12(2)28-21(27)15-6-4-5-7-16(15)24-19(25)17(22)18(20(24)26)23-14-10-8-13(3)9-11-14/h4-12,23H,1-3H3. The minimum Gasteiger partial charge on any atom is -0.459 e. The molecule has 7 heteroatoms. The highest BCUT2D eigenvalue weighted by Crippen LogP contribution is 2.32. The number of anilines is 2. The van der Waals surface area contributed by atoms with Crippen LogP contribution < -0.4 is 10.2 Å². The highest BCUT2D eigenvalue weighted by atomic mass is 35.5. The number of ether oxygens (including phenoxy) is 1. The van der Waals surface area contributed by atoms with Gasteiger partial charge in [-0.25, -0.2) is 9.69 Å². The number of rotatable bonds is 5. The van der Waals surface area contributed by atoms with Crippen LogP contribution >= 0.6 is 11.6 Å². The Morgan fingerprint density at radius 1 is 1.04 bits per heavy atom. The minimum atomic E-state index is -0.703. The predicted molar refractivity (Wildman–Crippen MR) is 107 cm³/mol. The molecule has 0 saturated heterocycles. The fourth-order valence-electron chi connectivity index (χ4n) is 2.73. The van der Waals surface area contributed by atoms with Crippen molar-refractivity contribution in [2.45, 2.75) is 26.9 Å². The number of imide groups is 1. The zero-order valence-corrected chi connectivity index (χ0v) is 16.4. The molecule has 3 rings (SSSR count). The molecule has 0 aromatic heterocycles. The van der Waals surface area contributed by atoms with Crippen LogP contribution in [0.4, 0.5) is 11.4 Å². The zero-order valence-electron chi connectivity index (χ0n) is 15.7. The number of para-hydroxylation sites is 1. The van der Waals surface area contributed by atoms with E-state index in [1.54, 1.807) is 38.1 Å². The molecule has 1 aliphatic rings. The molecule has 2 amide bonds. The van der Waals surface area contributed by atoms with Crippen LogP contribution in [-0.2, 0) is 14.3 Å². The molecule has 1 heterocycles. The van der Waals surface area contributed by atoms with E-state index in [2.05, 4.69) is 5.32 Å². The molecule has 6 nitrogen and oxygen atoms in total. The van der Waals surface area contributed by atoms with Crippen molar-refractivity contribution < 1.29 is 19.1 Å². The molecule has 0 spiro atoms. The summed E-state index contributed by atoms with van der Waals surface area (Å²) in [7, 11) is 0. The molecule has 0 aliphatic carbocycles. The van der Waals surface area contributed by atoms with Crippen LogP contribution in [0.2, 0.25) is 0 Å². The Kier molecular flexibility index (Phi) is 5.51. The maximum Gasteiger partial charge on any atom is 0.340 e. The molecule has 2 aromatic carbocycles. The van der Waals surface area contributed by atoms with Gasteiger partial charge in [-0.15, -0.1) is 0 Å². The summed E-state index contributed by atoms with van der Waals surface area (Å²) in [6.07, 6.45) is -0.342. The molecular formula is C21H19ClN2O4. The van der Waals surface area contributed by atoms with E-state index in [9.17, 15) is 14.4 Å². The number of hydrogen-bond acceptors (Lipinski definition) is 5. The third kappa shape index (κ3) is 3.77. The first-order valence-electron chi connectivity index (χ1n) is 8.72. The number of amides is 2. The smallest absolute Gasteiger partial charge is 0.340 e. The summed E-state index contributed by atoms with van der Waals surface area (Å²) in [5.41, 5.74) is 1.87. The second-order valence-electron chi connectivity index (χ2n) is 6.60. The van der Waals surface area contributed by atoms with Crippen molar-refractivity contribution >= 4 is 40.8 Å². The van der Waals surface area contributed by atoms with Crippen molar-refractivity contribution in [3.8, 4) is 0 Å². The van der Waals surface area contributed by atoms with Gasteiger partial charge in [0.1, 0.15) is 10.7 Å². The second kappa shape index (κ2) is 7.86. The van der Waals surface area contributed by atoms with Crippen molar-refractivity contribution in [1.82, 2.24) is 0 Å². The van der Waals surface area contributed by atoms with Crippen LogP contribution in [0.1, 0.15) is 29.8 Å². The fraction of sp³-hybridized carbons (Fsp3) is 0.190. The van der Waals surface area contributed by atoms with Crippen molar-refractivity contribution in [3.05, 3.63) is 70.4 Å². The number of aryl methyl sites for hydroxylation is 1. The first-order valence-corrected chi connectivity index (χ1v) is 9.09. The van der Waals surface area contributed by atoms with Gasteiger partial charge < -0.3 is 10.1 Å². The van der Waals surface area contributed by atoms with Gasteiger partial charge in [-0.3, -0.25) is 9.59 Å². The lowest BCUT2D eigenvalue weighted by Crippen LogP contribution is -2.33. The van der Waals surface area contributed by atoms with Gasteiger partial charge in [-0.1, -0.05) is 41.4 Å². The Morgan fingerprint density at radius 2 is 1.68 bits per heavy atom. The van der Waals surface area contributed by atoms with Gasteiger partial charge in [-0.05, 0) is 45.0 Å². The summed E-state index contributed by atoms with van der Waals surface area (Å²) < 4.78 is 5.22. The van der Waals surface area contributed by atoms with E-state index in [1.165, 1.54) is 12.1 Å². The van der Waals surface area contributed by atoms with E-state index in [1.807, 2.05) is 19.1 Å². The first-order chi connectivity index (χ1) is 13.3. The number of nitrogens with one attached hydrogen (secondary N) is 1. The number of hydrogen-bond donors (Lipinski definition) is 1. The molecular weight excluding hydrogens is 380 g/mol. The summed E-state index contributed by atoms with van der Waals surface area (Å²) >= 11 is 6.15. The number of esters is 1. The van der Waals surface area contributed by atoms with E-state index in [-0.39, 0.29) is 28.1 Å². The second-order valence-corrected chi connectivity index (χ2v) is 6.97. The summed E-state index contributed by atoms with van der Waals surface area (Å²) in [5.74, 6) is -1.96. The summed E-state index contributed by atoms with van der Waals surface area (Å²) in [6.45, 7) is 5.37. The summed E-state index contributed by atoms with van der Waals surface area (Å²) in [6, 6.07) is 13.6. The van der Waals surface area contributed by atoms with E-state index < -0.39 is 17.8 Å². The molecule has 2 aromatic rings. The highest BCUT2D eigenvalue weighted by molar-refractivity contribution is 6.53. The van der Waals surface area contributed by atoms with Crippen LogP contribution in [0.5, 0.6) is 0 Å². The van der Waals surface area contributed by atoms with Gasteiger partial charge in [0.05, 0.1) is 17.4 Å². The molecule has 0 saturated carbocycles. The minimum absolute atomic E-state index is 0.0393. The number of carbonyl (C=O) groups is 3. The first kappa shape index (κ1) is 19.6. The van der Waals surface area contributed by atoms with Gasteiger partial charge in [-0.2, -0.15) is 0 Å². The lowest BCUT2D eigenvalue weighted by molar-refractivity contribution is -0.120. The van der Waals surface area contributed by atoms with Crippen LogP contribution in [0, 0.1) is 6.92 Å². The van der Waals surface area contributed by atoms with Gasteiger partial charge in [0, 0.05) is 5.69 Å². The molecule has 0 bridgehead atoms. The van der Waals surface area contributed by atoms with E-state index in [4.69, 9.17) is 16.3 Å². The molecule has 1 aliphatic heterocycles. The average Bonchev–Trinajstić information content (AvgIpc) is 2.86. The average molecular weight is 399 g/mol. The highest BCUT2D eigenvalue weighted by Gasteiger charge is 2.40. The number of nitrogens with zero attached hydrogens (tertiary/aromatic N) is 1. The summed E-state index contributed by atoms with van der Waals surface area (Å²) in [4.78, 5) is 38.9. The molecule has 0 unspecified atom stereocenters. The Labute approximate surface area is 167 Å². The van der Waals surface area contributed by atoms with Crippen LogP contribution in [0.3, 0.4) is 0 Å². The fourth-order valence-corrected chi connectivity index (χ4v) is 2.94. The lowest BCUT2D eigenvalue weighted by atomic mass is 10.1. The number of halogens is 1. The molecule has 28 heavy (non-hydrogen) atoms. The summed E-state index contributed by atoms with van der Waals surface area (Å²) in [5, 5.41) is 2.66. The van der Waals surface area contributed by atoms with Crippen LogP contribution in [-0.4, -0.2) is 23.9 Å². The monoisotopic (exact) mass is 398 g/mol. The van der Waals surface area contributed by atoms with Crippen molar-refractivity contribution in [2.75, 3.05) is 10.2 Å². The third-order valence-corrected chi connectivity index (χ3v) is 4.41. The lowest BCUT2D eigenvalue weighted by Gasteiger charge is -2.19. The Morgan fingerprint density at radius 3 is 2.32 bits per heavy atom. The zero-order chi connectivity index (χ0) is 20.4. The normalized spacial score (nSPS) is 14.1. The largest absolute Gasteiger partial charge is 0.459 e. The van der Waals surface area contributed by atoms with E-state index in [0.29, 0.717) is 5.69 Å². The van der Waals surface area contributed by atoms with Crippen LogP contribution in [0.15, 0.2) is 59.3 Å². The Hall–Kier alpha value is -3.12. The van der Waals surface area contributed by atoms with Gasteiger partial charge >= 0.3 is 5.97 Å². The van der Waals surface area contributed by atoms with Crippen molar-refractivity contribution in [2.24, 2.45) is 0 Å². The van der Waals surface area contributed by atoms with Crippen molar-refractivity contribution in [1.29, 1.82) is 0 Å². The third-order valence-electron chi connectivity index (χ3n) is 4.06. The molecule has 0 atom stereocenters. The van der Waals surface area contributed by atoms with Crippen LogP contribution in [0.25, 0.3) is 0 Å². The van der Waals surface area contributed by atoms with Gasteiger partial charge in [0.2, 0.25) is 0 Å². The number of benzene rings is 2. The molecule has 1 N–H and O–H groups in total. The quantitative estimate of drug-likeness (QED) is 0.608. The maximum absolute atomic E-state index is 12.9. The van der Waals surface area contributed by atoms with E-state index >= 15 is 0 Å². The predicted octanol–water partition coefficient (Wildman–Crippen LogP) is 4.00. The van der Waals surface area contributed by atoms with Gasteiger partial charge in [0.15, 0.2) is 0 Å². The molecule has 0 fully saturated rings. The van der Waals surface area contributed by atoms with Crippen molar-refractivity contribution in [3.63, 3.8) is 0 Å². The van der Waals surface area contributed by atoms with E-state index in [0.717, 1.165) is 10.5 Å². The topological polar surface area (TPSA) is 75.7 Å². The molecule has 0 radical (unpaired) electrons. The van der Waals surface area contributed by atoms with Gasteiger partial charge in [0.25, 0.3) is 11.8 Å². The number of carbonyl (C=O) groups excluding carboxylic acids is 3. The maximum atomic E-state index is 12.9. The Balaban J connectivity index is 1.94.